The van der Waals surface area contributed by atoms with Crippen LogP contribution in [0.25, 0.3) is 0 Å². The molecule has 4 nitrogen and oxygen atoms in total. The molecule has 0 radical (unpaired) electrons. The first-order valence-electron chi connectivity index (χ1n) is 7.46. The minimum atomic E-state index is -0.209. The summed E-state index contributed by atoms with van der Waals surface area (Å²) in [6.45, 7) is 7.58. The third-order valence-corrected chi connectivity index (χ3v) is 4.14. The molecule has 4 heteroatoms. The maximum atomic E-state index is 12.8. The third kappa shape index (κ3) is 2.46. The van der Waals surface area contributed by atoms with Crippen LogP contribution in [-0.2, 0) is 17.9 Å². The molecular weight excluding hydrogens is 262 g/mol. The first-order valence-corrected chi connectivity index (χ1v) is 7.46. The van der Waals surface area contributed by atoms with Crippen molar-refractivity contribution in [3.63, 3.8) is 0 Å². The highest BCUT2D eigenvalue weighted by atomic mass is 16.2. The predicted octanol–water partition coefficient (Wildman–Crippen LogP) is 3.11. The fourth-order valence-corrected chi connectivity index (χ4v) is 2.97. The lowest BCUT2D eigenvalue weighted by molar-refractivity contribution is -0.135. The van der Waals surface area contributed by atoms with Crippen molar-refractivity contribution in [3.05, 3.63) is 53.6 Å². The summed E-state index contributed by atoms with van der Waals surface area (Å²) in [7, 11) is 0. The highest BCUT2D eigenvalue weighted by Crippen LogP contribution is 2.26. The number of hydrogen-bond acceptors (Lipinski definition) is 2. The van der Waals surface area contributed by atoms with Crippen LogP contribution in [0.15, 0.2) is 36.7 Å². The van der Waals surface area contributed by atoms with Gasteiger partial charge >= 0.3 is 0 Å². The Bertz CT molecular complexity index is 635. The largest absolute Gasteiger partial charge is 0.332 e. The highest BCUT2D eigenvalue weighted by molar-refractivity contribution is 5.80. The second-order valence-corrected chi connectivity index (χ2v) is 5.99. The average molecular weight is 283 g/mol. The van der Waals surface area contributed by atoms with Gasteiger partial charge in [-0.25, -0.2) is 4.98 Å². The van der Waals surface area contributed by atoms with E-state index in [4.69, 9.17) is 0 Å². The molecule has 21 heavy (non-hydrogen) atoms. The Morgan fingerprint density at radius 2 is 1.76 bits per heavy atom. The lowest BCUT2D eigenvalue weighted by Gasteiger charge is -2.23. The van der Waals surface area contributed by atoms with E-state index in [1.165, 1.54) is 11.1 Å². The summed E-state index contributed by atoms with van der Waals surface area (Å²) in [5, 5.41) is 0. The smallest absolute Gasteiger partial charge is 0.245 e. The van der Waals surface area contributed by atoms with Crippen molar-refractivity contribution in [2.75, 3.05) is 0 Å². The van der Waals surface area contributed by atoms with E-state index < -0.39 is 0 Å². The molecule has 110 valence electrons. The Kier molecular flexibility index (Phi) is 3.53. The van der Waals surface area contributed by atoms with E-state index in [0.29, 0.717) is 19.0 Å². The average Bonchev–Trinajstić information content (AvgIpc) is 3.11. The van der Waals surface area contributed by atoms with Crippen molar-refractivity contribution >= 4 is 5.91 Å². The van der Waals surface area contributed by atoms with Crippen LogP contribution < -0.4 is 0 Å². The van der Waals surface area contributed by atoms with Gasteiger partial charge in [-0.3, -0.25) is 4.79 Å². The molecule has 0 saturated heterocycles. The van der Waals surface area contributed by atoms with E-state index in [9.17, 15) is 4.79 Å². The summed E-state index contributed by atoms with van der Waals surface area (Å²) in [4.78, 5) is 19.1. The van der Waals surface area contributed by atoms with Crippen molar-refractivity contribution in [2.45, 2.75) is 45.8 Å². The van der Waals surface area contributed by atoms with E-state index in [0.717, 1.165) is 5.82 Å². The SMILES string of the molecule is CC(C)c1nccn1[C@H](C)C(=O)N1Cc2ccccc2C1. The molecule has 1 aliphatic rings. The second kappa shape index (κ2) is 5.35. The summed E-state index contributed by atoms with van der Waals surface area (Å²) >= 11 is 0. The van der Waals surface area contributed by atoms with Crippen molar-refractivity contribution in [1.29, 1.82) is 0 Å². The van der Waals surface area contributed by atoms with E-state index >= 15 is 0 Å². The van der Waals surface area contributed by atoms with Gasteiger partial charge in [0.2, 0.25) is 5.91 Å². The monoisotopic (exact) mass is 283 g/mol. The molecule has 3 rings (SSSR count). The van der Waals surface area contributed by atoms with Gasteiger partial charge in [-0.05, 0) is 18.1 Å². The zero-order valence-corrected chi connectivity index (χ0v) is 12.8. The van der Waals surface area contributed by atoms with E-state index in [-0.39, 0.29) is 11.9 Å². The summed E-state index contributed by atoms with van der Waals surface area (Å²) in [5.74, 6) is 1.43. The number of aromatic nitrogens is 2. The second-order valence-electron chi connectivity index (χ2n) is 5.99. The summed E-state index contributed by atoms with van der Waals surface area (Å²) in [6.07, 6.45) is 3.68. The van der Waals surface area contributed by atoms with Gasteiger partial charge in [-0.2, -0.15) is 0 Å². The number of benzene rings is 1. The maximum Gasteiger partial charge on any atom is 0.245 e. The standard InChI is InChI=1S/C17H21N3O/c1-12(2)16-18-8-9-20(16)13(3)17(21)19-10-14-6-4-5-7-15(14)11-19/h4-9,12-13H,10-11H2,1-3H3/t13-/m1/s1. The fraction of sp³-hybridized carbons (Fsp3) is 0.412. The Hall–Kier alpha value is -2.10. The van der Waals surface area contributed by atoms with Crippen LogP contribution in [0.3, 0.4) is 0 Å². The van der Waals surface area contributed by atoms with Gasteiger partial charge in [0.25, 0.3) is 0 Å². The topological polar surface area (TPSA) is 38.1 Å². The lowest BCUT2D eigenvalue weighted by Crippen LogP contribution is -2.32. The number of rotatable bonds is 3. The molecule has 0 spiro atoms. The molecule has 1 atom stereocenters. The maximum absolute atomic E-state index is 12.8. The molecule has 0 unspecified atom stereocenters. The summed E-state index contributed by atoms with van der Waals surface area (Å²) < 4.78 is 2.00. The molecule has 0 bridgehead atoms. The van der Waals surface area contributed by atoms with Gasteiger partial charge in [0.05, 0.1) is 0 Å². The number of hydrogen-bond donors (Lipinski definition) is 0. The number of carbonyl (C=O) groups excluding carboxylic acids is 1. The predicted molar refractivity (Wildman–Crippen MR) is 81.7 cm³/mol. The number of amides is 1. The summed E-state index contributed by atoms with van der Waals surface area (Å²) in [6, 6.07) is 8.05. The zero-order valence-electron chi connectivity index (χ0n) is 12.8. The van der Waals surface area contributed by atoms with Crippen molar-refractivity contribution < 1.29 is 4.79 Å². The molecule has 0 aliphatic carbocycles. The van der Waals surface area contributed by atoms with Crippen molar-refractivity contribution in [1.82, 2.24) is 14.5 Å². The van der Waals surface area contributed by atoms with Gasteiger partial charge in [-0.1, -0.05) is 38.1 Å². The molecule has 1 aliphatic heterocycles. The number of carbonyl (C=O) groups is 1. The highest BCUT2D eigenvalue weighted by Gasteiger charge is 2.28. The molecule has 1 amide bonds. The number of fused-ring (bicyclic) bond motifs is 1. The molecule has 2 aromatic rings. The van der Waals surface area contributed by atoms with Crippen LogP contribution in [0.1, 0.15) is 49.7 Å². The Labute approximate surface area is 125 Å². The first-order chi connectivity index (χ1) is 10.1. The normalized spacial score (nSPS) is 15.3. The van der Waals surface area contributed by atoms with Crippen LogP contribution in [0.2, 0.25) is 0 Å². The van der Waals surface area contributed by atoms with Gasteiger partial charge in [0.15, 0.2) is 0 Å². The molecule has 0 N–H and O–H groups in total. The molecular formula is C17H21N3O. The van der Waals surface area contributed by atoms with Crippen LogP contribution >= 0.6 is 0 Å². The summed E-state index contributed by atoms with van der Waals surface area (Å²) in [5.41, 5.74) is 2.51. The van der Waals surface area contributed by atoms with E-state index in [1.54, 1.807) is 6.20 Å². The van der Waals surface area contributed by atoms with Crippen LogP contribution in [0.5, 0.6) is 0 Å². The Balaban J connectivity index is 1.79. The van der Waals surface area contributed by atoms with Crippen molar-refractivity contribution in [2.24, 2.45) is 0 Å². The van der Waals surface area contributed by atoms with Gasteiger partial charge in [0.1, 0.15) is 11.9 Å². The fourth-order valence-electron chi connectivity index (χ4n) is 2.97. The molecule has 1 aromatic carbocycles. The van der Waals surface area contributed by atoms with Crippen LogP contribution in [0, 0.1) is 0 Å². The van der Waals surface area contributed by atoms with Gasteiger partial charge in [-0.15, -0.1) is 0 Å². The number of imidazole rings is 1. The Morgan fingerprint density at radius 1 is 1.14 bits per heavy atom. The third-order valence-electron chi connectivity index (χ3n) is 4.14. The Morgan fingerprint density at radius 3 is 2.33 bits per heavy atom. The van der Waals surface area contributed by atoms with Gasteiger partial charge < -0.3 is 9.47 Å². The molecule has 2 heterocycles. The lowest BCUT2D eigenvalue weighted by atomic mass is 10.1. The first kappa shape index (κ1) is 13.9. The molecule has 0 saturated carbocycles. The molecule has 1 aromatic heterocycles. The quantitative estimate of drug-likeness (QED) is 0.868. The minimum absolute atomic E-state index is 0.158. The molecule has 0 fully saturated rings. The van der Waals surface area contributed by atoms with E-state index in [1.807, 2.05) is 34.7 Å². The van der Waals surface area contributed by atoms with Crippen LogP contribution in [-0.4, -0.2) is 20.4 Å². The zero-order chi connectivity index (χ0) is 15.0. The van der Waals surface area contributed by atoms with Crippen LogP contribution in [0.4, 0.5) is 0 Å². The van der Waals surface area contributed by atoms with E-state index in [2.05, 4.69) is 31.0 Å². The number of nitrogens with zero attached hydrogens (tertiary/aromatic N) is 3. The minimum Gasteiger partial charge on any atom is -0.332 e. The van der Waals surface area contributed by atoms with Crippen molar-refractivity contribution in [3.8, 4) is 0 Å². The van der Waals surface area contributed by atoms with Gasteiger partial charge in [0, 0.05) is 31.4 Å².